The minimum atomic E-state index is -0.761. The van der Waals surface area contributed by atoms with Crippen molar-refractivity contribution >= 4 is 15.9 Å². The summed E-state index contributed by atoms with van der Waals surface area (Å²) < 4.78 is 14.6. The van der Waals surface area contributed by atoms with E-state index < -0.39 is 5.60 Å². The Hall–Kier alpha value is -0.410. The second-order valence-corrected chi connectivity index (χ2v) is 7.25. The second-order valence-electron chi connectivity index (χ2n) is 6.33. The maximum atomic E-state index is 13.8. The summed E-state index contributed by atoms with van der Waals surface area (Å²) in [6.45, 7) is 4.35. The third-order valence-electron chi connectivity index (χ3n) is 3.83. The standard InChI is InChI=1S/C15H20BrFO/c1-14(2)6-3-7-15(18,10-14)9-11-8-12(16)4-5-13(11)17/h4-5,8,18H,3,6-7,9-10H2,1-2H3. The summed E-state index contributed by atoms with van der Waals surface area (Å²) in [6.07, 6.45) is 4.06. The third-order valence-corrected chi connectivity index (χ3v) is 4.32. The molecule has 1 N–H and O–H groups in total. The van der Waals surface area contributed by atoms with Crippen LogP contribution in [-0.2, 0) is 6.42 Å². The first kappa shape index (κ1) is 14.0. The molecule has 1 aliphatic carbocycles. The Morgan fingerprint density at radius 1 is 1.33 bits per heavy atom. The van der Waals surface area contributed by atoms with Gasteiger partial charge in [-0.25, -0.2) is 4.39 Å². The van der Waals surface area contributed by atoms with Crippen molar-refractivity contribution in [3.8, 4) is 0 Å². The van der Waals surface area contributed by atoms with Crippen LogP contribution in [0.4, 0.5) is 4.39 Å². The van der Waals surface area contributed by atoms with Gasteiger partial charge in [0.25, 0.3) is 0 Å². The zero-order chi connectivity index (χ0) is 13.4. The van der Waals surface area contributed by atoms with Crippen LogP contribution in [0.1, 0.15) is 45.1 Å². The van der Waals surface area contributed by atoms with Crippen LogP contribution >= 0.6 is 15.9 Å². The van der Waals surface area contributed by atoms with Gasteiger partial charge in [-0.3, -0.25) is 0 Å². The van der Waals surface area contributed by atoms with Crippen LogP contribution < -0.4 is 0 Å². The highest BCUT2D eigenvalue weighted by molar-refractivity contribution is 9.10. The van der Waals surface area contributed by atoms with Gasteiger partial charge in [-0.15, -0.1) is 0 Å². The topological polar surface area (TPSA) is 20.2 Å². The molecule has 3 heteroatoms. The number of halogens is 2. The van der Waals surface area contributed by atoms with Gasteiger partial charge in [0.1, 0.15) is 5.82 Å². The van der Waals surface area contributed by atoms with Gasteiger partial charge in [0.2, 0.25) is 0 Å². The molecule has 0 aromatic heterocycles. The lowest BCUT2D eigenvalue weighted by molar-refractivity contribution is -0.0387. The highest BCUT2D eigenvalue weighted by Crippen LogP contribution is 2.42. The van der Waals surface area contributed by atoms with Crippen LogP contribution in [0.25, 0.3) is 0 Å². The van der Waals surface area contributed by atoms with Gasteiger partial charge in [-0.05, 0) is 48.4 Å². The van der Waals surface area contributed by atoms with Crippen LogP contribution in [0.5, 0.6) is 0 Å². The van der Waals surface area contributed by atoms with Crippen molar-refractivity contribution in [3.05, 3.63) is 34.1 Å². The molecule has 0 spiro atoms. The number of aliphatic hydroxyl groups is 1. The minimum Gasteiger partial charge on any atom is -0.390 e. The molecule has 1 atom stereocenters. The summed E-state index contributed by atoms with van der Waals surface area (Å²) in [5.74, 6) is -0.227. The normalized spacial score (nSPS) is 27.2. The molecule has 0 bridgehead atoms. The minimum absolute atomic E-state index is 0.148. The number of benzene rings is 1. The van der Waals surface area contributed by atoms with Crippen molar-refractivity contribution in [1.29, 1.82) is 0 Å². The van der Waals surface area contributed by atoms with E-state index in [1.807, 2.05) is 0 Å². The molecule has 0 aliphatic heterocycles. The van der Waals surface area contributed by atoms with Gasteiger partial charge in [0, 0.05) is 10.9 Å². The number of hydrogen-bond donors (Lipinski definition) is 1. The van der Waals surface area contributed by atoms with Gasteiger partial charge in [-0.1, -0.05) is 36.2 Å². The lowest BCUT2D eigenvalue weighted by Crippen LogP contribution is -2.40. The van der Waals surface area contributed by atoms with E-state index in [2.05, 4.69) is 29.8 Å². The third kappa shape index (κ3) is 3.33. The average molecular weight is 315 g/mol. The maximum Gasteiger partial charge on any atom is 0.126 e. The molecule has 1 nitrogen and oxygen atoms in total. The molecule has 0 heterocycles. The summed E-state index contributed by atoms with van der Waals surface area (Å²) in [5, 5.41) is 10.7. The zero-order valence-electron chi connectivity index (χ0n) is 11.0. The quantitative estimate of drug-likeness (QED) is 0.854. The van der Waals surface area contributed by atoms with Crippen molar-refractivity contribution in [3.63, 3.8) is 0 Å². The van der Waals surface area contributed by atoms with Gasteiger partial charge < -0.3 is 5.11 Å². The van der Waals surface area contributed by atoms with Crippen molar-refractivity contribution in [1.82, 2.24) is 0 Å². The molecule has 1 aromatic carbocycles. The Morgan fingerprint density at radius 2 is 2.06 bits per heavy atom. The van der Waals surface area contributed by atoms with Gasteiger partial charge in [0.15, 0.2) is 0 Å². The Morgan fingerprint density at radius 3 is 2.72 bits per heavy atom. The highest BCUT2D eigenvalue weighted by Gasteiger charge is 2.38. The predicted molar refractivity (Wildman–Crippen MR) is 75.0 cm³/mol. The molecular formula is C15H20BrFO. The van der Waals surface area contributed by atoms with E-state index in [0.29, 0.717) is 12.0 Å². The molecule has 1 saturated carbocycles. The fourth-order valence-corrected chi connectivity index (χ4v) is 3.56. The number of hydrogen-bond acceptors (Lipinski definition) is 1. The maximum absolute atomic E-state index is 13.8. The second kappa shape index (κ2) is 4.93. The van der Waals surface area contributed by atoms with E-state index in [-0.39, 0.29) is 11.2 Å². The Bertz CT molecular complexity index is 444. The average Bonchev–Trinajstić information content (AvgIpc) is 2.21. The van der Waals surface area contributed by atoms with E-state index in [4.69, 9.17) is 0 Å². The zero-order valence-corrected chi connectivity index (χ0v) is 12.6. The molecule has 0 amide bonds. The Balaban J connectivity index is 2.19. The summed E-state index contributed by atoms with van der Waals surface area (Å²) >= 11 is 3.35. The van der Waals surface area contributed by atoms with Crippen LogP contribution in [0, 0.1) is 11.2 Å². The monoisotopic (exact) mass is 314 g/mol. The molecule has 1 unspecified atom stereocenters. The van der Waals surface area contributed by atoms with Crippen LogP contribution in [0.2, 0.25) is 0 Å². The van der Waals surface area contributed by atoms with Crippen LogP contribution in [0.3, 0.4) is 0 Å². The molecule has 1 fully saturated rings. The van der Waals surface area contributed by atoms with Gasteiger partial charge >= 0.3 is 0 Å². The lowest BCUT2D eigenvalue weighted by Gasteiger charge is -2.41. The van der Waals surface area contributed by atoms with Crippen molar-refractivity contribution < 1.29 is 9.50 Å². The van der Waals surface area contributed by atoms with Crippen molar-refractivity contribution in [2.45, 2.75) is 51.6 Å². The molecule has 0 radical (unpaired) electrons. The first-order chi connectivity index (χ1) is 8.30. The van der Waals surface area contributed by atoms with Crippen molar-refractivity contribution in [2.75, 3.05) is 0 Å². The molecule has 1 aromatic rings. The molecular weight excluding hydrogens is 295 g/mol. The molecule has 2 rings (SSSR count). The van der Waals surface area contributed by atoms with E-state index >= 15 is 0 Å². The van der Waals surface area contributed by atoms with Crippen LogP contribution in [0.15, 0.2) is 22.7 Å². The summed E-state index contributed by atoms with van der Waals surface area (Å²) in [6, 6.07) is 4.92. The van der Waals surface area contributed by atoms with E-state index in [1.54, 1.807) is 12.1 Å². The first-order valence-corrected chi connectivity index (χ1v) is 7.25. The predicted octanol–water partition coefficient (Wildman–Crippen LogP) is 4.46. The SMILES string of the molecule is CC1(C)CCCC(O)(Cc2cc(Br)ccc2F)C1. The fourth-order valence-electron chi connectivity index (χ4n) is 3.15. The van der Waals surface area contributed by atoms with Gasteiger partial charge in [-0.2, -0.15) is 0 Å². The van der Waals surface area contributed by atoms with E-state index in [0.717, 1.165) is 30.2 Å². The van der Waals surface area contributed by atoms with Crippen LogP contribution in [-0.4, -0.2) is 10.7 Å². The smallest absolute Gasteiger partial charge is 0.126 e. The molecule has 100 valence electrons. The molecule has 1 aliphatic rings. The summed E-state index contributed by atoms with van der Waals surface area (Å²) in [5.41, 5.74) is -0.0108. The summed E-state index contributed by atoms with van der Waals surface area (Å²) in [4.78, 5) is 0. The summed E-state index contributed by atoms with van der Waals surface area (Å²) in [7, 11) is 0. The highest BCUT2D eigenvalue weighted by atomic mass is 79.9. The Kier molecular flexibility index (Phi) is 3.84. The van der Waals surface area contributed by atoms with E-state index in [1.165, 1.54) is 6.07 Å². The fraction of sp³-hybridized carbons (Fsp3) is 0.600. The first-order valence-electron chi connectivity index (χ1n) is 6.46. The Labute approximate surface area is 117 Å². The van der Waals surface area contributed by atoms with E-state index in [9.17, 15) is 9.50 Å². The molecule has 0 saturated heterocycles. The number of rotatable bonds is 2. The van der Waals surface area contributed by atoms with Gasteiger partial charge in [0.05, 0.1) is 5.60 Å². The van der Waals surface area contributed by atoms with Crippen molar-refractivity contribution in [2.24, 2.45) is 5.41 Å². The molecule has 18 heavy (non-hydrogen) atoms. The lowest BCUT2D eigenvalue weighted by atomic mass is 9.68. The largest absolute Gasteiger partial charge is 0.390 e.